The van der Waals surface area contributed by atoms with E-state index < -0.39 is 0 Å². The van der Waals surface area contributed by atoms with Crippen LogP contribution in [-0.4, -0.2) is 17.5 Å². The van der Waals surface area contributed by atoms with Gasteiger partial charge >= 0.3 is 0 Å². The number of hydrogen-bond acceptors (Lipinski definition) is 4. The van der Waals surface area contributed by atoms with Crippen molar-refractivity contribution in [3.8, 4) is 0 Å². The van der Waals surface area contributed by atoms with Crippen molar-refractivity contribution in [2.24, 2.45) is 0 Å². The van der Waals surface area contributed by atoms with Crippen LogP contribution in [0.4, 0.5) is 0 Å². The van der Waals surface area contributed by atoms with Crippen molar-refractivity contribution in [3.05, 3.63) is 56.7 Å². The number of hydrogen-bond donors (Lipinski definition) is 1. The Balaban J connectivity index is 1.71. The predicted molar refractivity (Wildman–Crippen MR) is 80.8 cm³/mol. The lowest BCUT2D eigenvalue weighted by Gasteiger charge is -2.22. The molecule has 2 aromatic rings. The SMILES string of the molecule is O=C1CNC(c2ccc(Br)s2)N1OCc1ccccc1. The van der Waals surface area contributed by atoms with Crippen LogP contribution in [0.3, 0.4) is 0 Å². The molecule has 0 spiro atoms. The van der Waals surface area contributed by atoms with Gasteiger partial charge in [-0.25, -0.2) is 0 Å². The van der Waals surface area contributed by atoms with E-state index in [1.165, 1.54) is 5.06 Å². The molecule has 104 valence electrons. The second kappa shape index (κ2) is 6.05. The molecule has 0 radical (unpaired) electrons. The number of halogens is 1. The summed E-state index contributed by atoms with van der Waals surface area (Å²) in [5.74, 6) is -0.0459. The summed E-state index contributed by atoms with van der Waals surface area (Å²) in [6, 6.07) is 13.8. The highest BCUT2D eigenvalue weighted by atomic mass is 79.9. The second-order valence-electron chi connectivity index (χ2n) is 4.40. The van der Waals surface area contributed by atoms with E-state index in [1.54, 1.807) is 11.3 Å². The van der Waals surface area contributed by atoms with Crippen molar-refractivity contribution in [3.63, 3.8) is 0 Å². The molecule has 1 aromatic heterocycles. The Morgan fingerprint density at radius 3 is 2.80 bits per heavy atom. The lowest BCUT2D eigenvalue weighted by molar-refractivity contribution is -0.196. The molecule has 20 heavy (non-hydrogen) atoms. The zero-order valence-corrected chi connectivity index (χ0v) is 13.0. The first-order valence-corrected chi connectivity index (χ1v) is 7.82. The third-order valence-corrected chi connectivity index (χ3v) is 4.68. The number of rotatable bonds is 4. The average molecular weight is 353 g/mol. The van der Waals surface area contributed by atoms with Gasteiger partial charge in [0.25, 0.3) is 5.91 Å². The average Bonchev–Trinajstić information content (AvgIpc) is 3.04. The van der Waals surface area contributed by atoms with Crippen molar-refractivity contribution in [2.75, 3.05) is 6.54 Å². The summed E-state index contributed by atoms with van der Waals surface area (Å²) in [5.41, 5.74) is 1.04. The monoisotopic (exact) mass is 352 g/mol. The summed E-state index contributed by atoms with van der Waals surface area (Å²) in [4.78, 5) is 18.7. The van der Waals surface area contributed by atoms with Crippen molar-refractivity contribution < 1.29 is 9.63 Å². The van der Waals surface area contributed by atoms with Crippen LogP contribution in [-0.2, 0) is 16.2 Å². The van der Waals surface area contributed by atoms with Crippen molar-refractivity contribution in [2.45, 2.75) is 12.8 Å². The number of carbonyl (C=O) groups excluding carboxylic acids is 1. The minimum Gasteiger partial charge on any atom is -0.282 e. The minimum absolute atomic E-state index is 0.0459. The van der Waals surface area contributed by atoms with Gasteiger partial charge in [0, 0.05) is 4.88 Å². The lowest BCUT2D eigenvalue weighted by Crippen LogP contribution is -2.29. The zero-order chi connectivity index (χ0) is 13.9. The first-order chi connectivity index (χ1) is 9.74. The van der Waals surface area contributed by atoms with Gasteiger partial charge in [0.2, 0.25) is 0 Å². The van der Waals surface area contributed by atoms with Gasteiger partial charge in [-0.1, -0.05) is 30.3 Å². The van der Waals surface area contributed by atoms with Crippen LogP contribution in [0.2, 0.25) is 0 Å². The molecule has 1 saturated heterocycles. The van der Waals surface area contributed by atoms with Crippen LogP contribution in [0.15, 0.2) is 46.3 Å². The molecule has 2 heterocycles. The zero-order valence-electron chi connectivity index (χ0n) is 10.6. The van der Waals surface area contributed by atoms with Gasteiger partial charge in [-0.3, -0.25) is 14.9 Å². The number of nitrogens with one attached hydrogen (secondary N) is 1. The molecule has 1 fully saturated rings. The predicted octanol–water partition coefficient (Wildman–Crippen LogP) is 3.07. The summed E-state index contributed by atoms with van der Waals surface area (Å²) in [5, 5.41) is 4.60. The van der Waals surface area contributed by atoms with Crippen LogP contribution in [0.25, 0.3) is 0 Å². The molecule has 1 unspecified atom stereocenters. The number of benzene rings is 1. The molecular formula is C14H13BrN2O2S. The standard InChI is InChI=1S/C14H13BrN2O2S/c15-12-7-6-11(20-12)14-16-8-13(18)17(14)19-9-10-4-2-1-3-5-10/h1-7,14,16H,8-9H2. The van der Waals surface area contributed by atoms with Gasteiger partial charge in [-0.15, -0.1) is 11.3 Å². The summed E-state index contributed by atoms with van der Waals surface area (Å²) in [7, 11) is 0. The smallest absolute Gasteiger partial charge is 0.262 e. The van der Waals surface area contributed by atoms with E-state index in [2.05, 4.69) is 21.2 Å². The highest BCUT2D eigenvalue weighted by molar-refractivity contribution is 9.11. The van der Waals surface area contributed by atoms with Crippen LogP contribution in [0.5, 0.6) is 0 Å². The highest BCUT2D eigenvalue weighted by Gasteiger charge is 2.33. The molecule has 1 amide bonds. The van der Waals surface area contributed by atoms with Gasteiger partial charge in [-0.05, 0) is 33.6 Å². The van der Waals surface area contributed by atoms with E-state index in [0.717, 1.165) is 14.2 Å². The molecule has 3 rings (SSSR count). The molecule has 1 N–H and O–H groups in total. The number of hydroxylamine groups is 2. The molecule has 1 aliphatic heterocycles. The van der Waals surface area contributed by atoms with E-state index >= 15 is 0 Å². The Morgan fingerprint density at radius 2 is 2.10 bits per heavy atom. The second-order valence-corrected chi connectivity index (χ2v) is 6.90. The van der Waals surface area contributed by atoms with Gasteiger partial charge in [0.1, 0.15) is 12.8 Å². The Kier molecular flexibility index (Phi) is 4.16. The van der Waals surface area contributed by atoms with Gasteiger partial charge < -0.3 is 0 Å². The molecular weight excluding hydrogens is 340 g/mol. The van der Waals surface area contributed by atoms with Gasteiger partial charge in [0.15, 0.2) is 0 Å². The quantitative estimate of drug-likeness (QED) is 0.919. The number of amides is 1. The van der Waals surface area contributed by atoms with Gasteiger partial charge in [-0.2, -0.15) is 5.06 Å². The topological polar surface area (TPSA) is 41.6 Å². The van der Waals surface area contributed by atoms with E-state index in [4.69, 9.17) is 4.84 Å². The number of thiophene rings is 1. The third-order valence-electron chi connectivity index (χ3n) is 3.00. The largest absolute Gasteiger partial charge is 0.282 e. The maximum absolute atomic E-state index is 11.9. The van der Waals surface area contributed by atoms with Crippen LogP contribution in [0.1, 0.15) is 16.6 Å². The first kappa shape index (κ1) is 13.8. The number of carbonyl (C=O) groups is 1. The normalized spacial score (nSPS) is 18.8. The summed E-state index contributed by atoms with van der Waals surface area (Å²) < 4.78 is 1.04. The molecule has 6 heteroatoms. The van der Waals surface area contributed by atoms with E-state index in [-0.39, 0.29) is 12.1 Å². The highest BCUT2D eigenvalue weighted by Crippen LogP contribution is 2.31. The van der Waals surface area contributed by atoms with Crippen molar-refractivity contribution in [1.29, 1.82) is 0 Å². The third kappa shape index (κ3) is 2.93. The Labute approximate surface area is 129 Å². The van der Waals surface area contributed by atoms with E-state index in [9.17, 15) is 4.79 Å². The maximum Gasteiger partial charge on any atom is 0.262 e. The summed E-state index contributed by atoms with van der Waals surface area (Å²) >= 11 is 5.03. The Hall–Kier alpha value is -1.21. The molecule has 1 aliphatic rings. The summed E-state index contributed by atoms with van der Waals surface area (Å²) in [6.45, 7) is 0.687. The molecule has 1 aromatic carbocycles. The Morgan fingerprint density at radius 1 is 1.30 bits per heavy atom. The molecule has 0 bridgehead atoms. The minimum atomic E-state index is -0.206. The van der Waals surface area contributed by atoms with E-state index in [1.807, 2.05) is 42.5 Å². The fourth-order valence-electron chi connectivity index (χ4n) is 2.05. The van der Waals surface area contributed by atoms with E-state index in [0.29, 0.717) is 13.2 Å². The Bertz CT molecular complexity index is 602. The lowest BCUT2D eigenvalue weighted by atomic mass is 10.2. The van der Waals surface area contributed by atoms with Crippen molar-refractivity contribution >= 4 is 33.2 Å². The molecule has 0 saturated carbocycles. The number of nitrogens with zero attached hydrogens (tertiary/aromatic N) is 1. The first-order valence-electron chi connectivity index (χ1n) is 6.21. The van der Waals surface area contributed by atoms with Crippen molar-refractivity contribution in [1.82, 2.24) is 10.4 Å². The molecule has 1 atom stereocenters. The molecule has 4 nitrogen and oxygen atoms in total. The van der Waals surface area contributed by atoms with Crippen LogP contribution in [0, 0.1) is 0 Å². The van der Waals surface area contributed by atoms with Crippen LogP contribution < -0.4 is 5.32 Å². The van der Waals surface area contributed by atoms with Gasteiger partial charge in [0.05, 0.1) is 10.3 Å². The fraction of sp³-hybridized carbons (Fsp3) is 0.214. The maximum atomic E-state index is 11.9. The summed E-state index contributed by atoms with van der Waals surface area (Å²) in [6.07, 6.45) is -0.206. The fourth-order valence-corrected chi connectivity index (χ4v) is 3.53. The molecule has 0 aliphatic carbocycles. The van der Waals surface area contributed by atoms with Crippen LogP contribution >= 0.6 is 27.3 Å².